The minimum Gasteiger partial charge on any atom is -0.472 e. The fraction of sp³-hybridized carbons (Fsp3) is 0.241. The summed E-state index contributed by atoms with van der Waals surface area (Å²) in [5, 5.41) is 5.51. The molecule has 3 aromatic heterocycles. The molecule has 1 saturated heterocycles. The molecule has 1 aromatic carbocycles. The summed E-state index contributed by atoms with van der Waals surface area (Å²) in [6, 6.07) is 11.6. The van der Waals surface area contributed by atoms with Gasteiger partial charge in [-0.1, -0.05) is 36.4 Å². The van der Waals surface area contributed by atoms with Gasteiger partial charge < -0.3 is 25.8 Å². The molecule has 11 heteroatoms. The number of halogens is 1. The minimum atomic E-state index is -0.360. The van der Waals surface area contributed by atoms with Crippen LogP contribution in [0.5, 0.6) is 5.88 Å². The van der Waals surface area contributed by atoms with Crippen molar-refractivity contribution in [3.8, 4) is 23.0 Å². The minimum absolute atomic E-state index is 0.0482. The second-order valence-electron chi connectivity index (χ2n) is 9.51. The Morgan fingerprint density at radius 3 is 2.48 bits per heavy atom. The molecule has 1 fully saturated rings. The molecule has 0 unspecified atom stereocenters. The molecule has 1 aliphatic heterocycles. The third kappa shape index (κ3) is 4.87. The number of nitrogens with zero attached hydrogens (tertiary/aromatic N) is 6. The lowest BCUT2D eigenvalue weighted by Crippen LogP contribution is -2.37. The van der Waals surface area contributed by atoms with Crippen molar-refractivity contribution in [3.63, 3.8) is 0 Å². The van der Waals surface area contributed by atoms with E-state index in [9.17, 15) is 4.39 Å². The molecule has 4 N–H and O–H groups in total. The lowest BCUT2D eigenvalue weighted by Gasteiger charge is -2.30. The summed E-state index contributed by atoms with van der Waals surface area (Å²) in [6.07, 6.45) is 7.44. The van der Waals surface area contributed by atoms with Crippen molar-refractivity contribution in [2.24, 2.45) is 0 Å². The molecule has 0 radical (unpaired) electrons. The maximum atomic E-state index is 14.7. The molecule has 1 aliphatic carbocycles. The maximum absolute atomic E-state index is 14.7. The number of morpholine rings is 1. The number of rotatable bonds is 6. The van der Waals surface area contributed by atoms with E-state index in [4.69, 9.17) is 31.0 Å². The number of pyridine rings is 1. The van der Waals surface area contributed by atoms with Gasteiger partial charge in [0.05, 0.1) is 30.2 Å². The van der Waals surface area contributed by atoms with Crippen LogP contribution in [0.3, 0.4) is 0 Å². The first-order valence-corrected chi connectivity index (χ1v) is 13.1. The predicted molar refractivity (Wildman–Crippen MR) is 153 cm³/mol. The van der Waals surface area contributed by atoms with E-state index < -0.39 is 0 Å². The molecular weight excluding hydrogens is 511 g/mol. The van der Waals surface area contributed by atoms with E-state index in [1.165, 1.54) is 6.08 Å². The Labute approximate surface area is 230 Å². The van der Waals surface area contributed by atoms with Gasteiger partial charge in [-0.3, -0.25) is 0 Å². The molecule has 0 bridgehead atoms. The summed E-state index contributed by atoms with van der Waals surface area (Å²) in [7, 11) is 0. The fourth-order valence-electron chi connectivity index (χ4n) is 4.82. The van der Waals surface area contributed by atoms with Crippen LogP contribution in [0.25, 0.3) is 28.1 Å². The van der Waals surface area contributed by atoms with Gasteiger partial charge in [-0.25, -0.2) is 19.0 Å². The number of hydrogen-bond donors (Lipinski definition) is 2. The molecule has 6 rings (SSSR count). The van der Waals surface area contributed by atoms with Crippen molar-refractivity contribution in [1.82, 2.24) is 24.7 Å². The third-order valence-electron chi connectivity index (χ3n) is 6.84. The summed E-state index contributed by atoms with van der Waals surface area (Å²) in [5.41, 5.74) is 16.5. The molecule has 0 amide bonds. The average Bonchev–Trinajstić information content (AvgIpc) is 3.14. The topological polar surface area (TPSA) is 130 Å². The van der Waals surface area contributed by atoms with Crippen LogP contribution in [0.15, 0.2) is 72.1 Å². The molecule has 4 aromatic rings. The van der Waals surface area contributed by atoms with Crippen LogP contribution < -0.4 is 21.1 Å². The van der Waals surface area contributed by atoms with Crippen LogP contribution >= 0.6 is 0 Å². The second kappa shape index (κ2) is 10.8. The lowest BCUT2D eigenvalue weighted by molar-refractivity contribution is 0.123. The fourth-order valence-corrected chi connectivity index (χ4v) is 4.82. The van der Waals surface area contributed by atoms with Crippen LogP contribution in [-0.2, 0) is 4.74 Å². The second-order valence-corrected chi connectivity index (χ2v) is 9.51. The first kappa shape index (κ1) is 25.5. The number of hydrogen-bond acceptors (Lipinski definition) is 9. The van der Waals surface area contributed by atoms with Crippen molar-refractivity contribution in [3.05, 3.63) is 77.8 Å². The van der Waals surface area contributed by atoms with Crippen LogP contribution in [0.1, 0.15) is 12.1 Å². The Bertz CT molecular complexity index is 1630. The number of nitrogens with two attached hydrogens (primary N) is 2. The van der Waals surface area contributed by atoms with E-state index in [2.05, 4.69) is 9.97 Å². The Morgan fingerprint density at radius 1 is 1.00 bits per heavy atom. The highest BCUT2D eigenvalue weighted by Gasteiger charge is 2.24. The number of aryl methyl sites for hydroxylation is 1. The number of allylic oxidation sites excluding steroid dienone is 4. The number of aromatic nitrogens is 5. The van der Waals surface area contributed by atoms with Crippen LogP contribution in [0, 0.1) is 6.92 Å². The first-order valence-electron chi connectivity index (χ1n) is 13.1. The van der Waals surface area contributed by atoms with Crippen LogP contribution in [0.4, 0.5) is 21.7 Å². The number of para-hydroxylation sites is 1. The Kier molecular flexibility index (Phi) is 6.87. The van der Waals surface area contributed by atoms with Crippen molar-refractivity contribution in [1.29, 1.82) is 0 Å². The van der Waals surface area contributed by atoms with Crippen molar-refractivity contribution in [2.75, 3.05) is 49.3 Å². The maximum Gasteiger partial charge on any atom is 0.227 e. The molecule has 2 aliphatic rings. The summed E-state index contributed by atoms with van der Waals surface area (Å²) in [5.74, 6) is 0.607. The molecule has 40 heavy (non-hydrogen) atoms. The van der Waals surface area contributed by atoms with E-state index in [0.29, 0.717) is 55.2 Å². The largest absolute Gasteiger partial charge is 0.472 e. The van der Waals surface area contributed by atoms with Gasteiger partial charge in [-0.15, -0.1) is 0 Å². The molecule has 0 spiro atoms. The number of anilines is 3. The first-order chi connectivity index (χ1) is 19.5. The van der Waals surface area contributed by atoms with Gasteiger partial charge in [-0.2, -0.15) is 10.1 Å². The Morgan fingerprint density at radius 2 is 1.73 bits per heavy atom. The van der Waals surface area contributed by atoms with E-state index in [0.717, 1.165) is 16.8 Å². The molecule has 4 heterocycles. The summed E-state index contributed by atoms with van der Waals surface area (Å²) in [4.78, 5) is 16.1. The highest BCUT2D eigenvalue weighted by Crippen LogP contribution is 2.36. The van der Waals surface area contributed by atoms with Gasteiger partial charge in [0, 0.05) is 24.0 Å². The molecule has 0 atom stereocenters. The SMILES string of the molecule is Cc1nn(-c2ccccc2)c2nc(OCC3=C(F)C=CCC=C3)c(-c3nc(N)c(N4CCOCC4)c(N)n3)cc12. The smallest absolute Gasteiger partial charge is 0.227 e. The van der Waals surface area contributed by atoms with Gasteiger partial charge in [0.25, 0.3) is 0 Å². The van der Waals surface area contributed by atoms with Gasteiger partial charge in [0.1, 0.15) is 18.1 Å². The molecule has 204 valence electrons. The van der Waals surface area contributed by atoms with E-state index in [-0.39, 0.29) is 35.8 Å². The van der Waals surface area contributed by atoms with Gasteiger partial charge in [0.2, 0.25) is 5.88 Å². The van der Waals surface area contributed by atoms with Crippen molar-refractivity contribution < 1.29 is 13.9 Å². The highest BCUT2D eigenvalue weighted by atomic mass is 19.1. The van der Waals surface area contributed by atoms with Gasteiger partial charge in [0.15, 0.2) is 23.1 Å². The summed E-state index contributed by atoms with van der Waals surface area (Å²) >= 11 is 0. The van der Waals surface area contributed by atoms with E-state index in [1.807, 2.05) is 54.3 Å². The van der Waals surface area contributed by atoms with Gasteiger partial charge >= 0.3 is 0 Å². The zero-order valence-electron chi connectivity index (χ0n) is 22.0. The highest BCUT2D eigenvalue weighted by molar-refractivity contribution is 5.87. The summed E-state index contributed by atoms with van der Waals surface area (Å²) < 4.78 is 28.0. The summed E-state index contributed by atoms with van der Waals surface area (Å²) in [6.45, 7) is 4.27. The normalized spacial score (nSPS) is 15.6. The number of fused-ring (bicyclic) bond motifs is 1. The van der Waals surface area contributed by atoms with E-state index in [1.54, 1.807) is 16.8 Å². The molecule has 10 nitrogen and oxygen atoms in total. The number of nitrogen functional groups attached to an aromatic ring is 2. The molecular formula is C29H29FN8O2. The quantitative estimate of drug-likeness (QED) is 0.367. The number of benzene rings is 1. The predicted octanol–water partition coefficient (Wildman–Crippen LogP) is 4.31. The zero-order valence-corrected chi connectivity index (χ0v) is 22.0. The third-order valence-corrected chi connectivity index (χ3v) is 6.84. The number of ether oxygens (including phenoxy) is 2. The zero-order chi connectivity index (χ0) is 27.6. The van der Waals surface area contributed by atoms with Gasteiger partial charge in [-0.05, 0) is 37.6 Å². The Balaban J connectivity index is 1.48. The van der Waals surface area contributed by atoms with Crippen molar-refractivity contribution >= 4 is 28.4 Å². The average molecular weight is 541 g/mol. The lowest BCUT2D eigenvalue weighted by atomic mass is 10.1. The van der Waals surface area contributed by atoms with Crippen molar-refractivity contribution in [2.45, 2.75) is 13.3 Å². The Hall–Kier alpha value is -4.77. The standard InChI is InChI=1S/C29H29FN8O2/c1-18-21-16-22(27-33-25(31)24(26(32)34-27)37-12-14-39-15-13-37)29(40-17-19-8-4-2-7-11-23(19)30)35-28(21)38(36-18)20-9-5-3-6-10-20/h3-11,16H,2,12-15,17H2,1H3,(H4,31,32,33,34). The van der Waals surface area contributed by atoms with Crippen LogP contribution in [0.2, 0.25) is 0 Å². The van der Waals surface area contributed by atoms with E-state index >= 15 is 0 Å². The van der Waals surface area contributed by atoms with Crippen LogP contribution in [-0.4, -0.2) is 57.6 Å². The molecule has 0 saturated carbocycles. The monoisotopic (exact) mass is 540 g/mol.